The summed E-state index contributed by atoms with van der Waals surface area (Å²) in [5, 5.41) is 11.3. The lowest BCUT2D eigenvalue weighted by atomic mass is 10.1. The molecule has 0 saturated carbocycles. The number of rotatable bonds is 10. The maximum absolute atomic E-state index is 13.2. The van der Waals surface area contributed by atoms with Crippen LogP contribution in [-0.4, -0.2) is 73.9 Å². The predicted octanol–water partition coefficient (Wildman–Crippen LogP) is 5.42. The number of aromatic nitrogens is 2. The van der Waals surface area contributed by atoms with Gasteiger partial charge in [-0.05, 0) is 56.6 Å². The summed E-state index contributed by atoms with van der Waals surface area (Å²) in [7, 11) is 3.71. The van der Waals surface area contributed by atoms with Crippen molar-refractivity contribution in [2.45, 2.75) is 25.9 Å². The van der Waals surface area contributed by atoms with E-state index in [0.29, 0.717) is 59.2 Å². The zero-order valence-electron chi connectivity index (χ0n) is 21.8. The number of amides is 2. The fourth-order valence-electron chi connectivity index (χ4n) is 4.23. The maximum atomic E-state index is 13.2. The summed E-state index contributed by atoms with van der Waals surface area (Å²) < 4.78 is 18.7. The summed E-state index contributed by atoms with van der Waals surface area (Å²) in [5.74, 6) is 0.919. The van der Waals surface area contributed by atoms with Crippen molar-refractivity contribution in [3.63, 3.8) is 0 Å². The molecule has 0 unspecified atom stereocenters. The van der Waals surface area contributed by atoms with Crippen LogP contribution in [0.3, 0.4) is 0 Å². The van der Waals surface area contributed by atoms with Gasteiger partial charge in [-0.15, -0.1) is 5.10 Å². The zero-order valence-corrected chi connectivity index (χ0v) is 23.3. The Morgan fingerprint density at radius 3 is 2.68 bits per heavy atom. The van der Waals surface area contributed by atoms with Gasteiger partial charge in [0.2, 0.25) is 5.88 Å². The van der Waals surface area contributed by atoms with Gasteiger partial charge in [0.25, 0.3) is 0 Å². The van der Waals surface area contributed by atoms with Crippen molar-refractivity contribution in [2.75, 3.05) is 57.7 Å². The van der Waals surface area contributed by atoms with Crippen LogP contribution in [0.2, 0.25) is 10.0 Å². The standard InChI is InChI=1S/C27H33Cl2N5O4/c1-18-25(31-27(35)30-24-15-23(29)22(28)14-19(24)8-7-12-36-3)34(20-9-5-4-6-10-20)32-26(18)38-17-21-16-33(2)11-13-37-21/h4-6,9-10,14-15,21H,7-8,11-13,16-17H2,1-3H3,(H2,30,31,35)/t21-/m0/s1. The van der Waals surface area contributed by atoms with E-state index in [9.17, 15) is 4.79 Å². The Morgan fingerprint density at radius 1 is 1.18 bits per heavy atom. The van der Waals surface area contributed by atoms with E-state index in [1.54, 1.807) is 23.9 Å². The first-order valence-electron chi connectivity index (χ1n) is 12.5. The van der Waals surface area contributed by atoms with E-state index in [1.807, 2.05) is 37.3 Å². The van der Waals surface area contributed by atoms with Crippen molar-refractivity contribution >= 4 is 40.7 Å². The number of aryl methyl sites for hydroxylation is 1. The van der Waals surface area contributed by atoms with Gasteiger partial charge in [0.05, 0.1) is 27.9 Å². The zero-order chi connectivity index (χ0) is 27.1. The Hall–Kier alpha value is -2.82. The third-order valence-corrected chi connectivity index (χ3v) is 6.97. The highest BCUT2D eigenvalue weighted by molar-refractivity contribution is 6.42. The summed E-state index contributed by atoms with van der Waals surface area (Å²) in [5.41, 5.74) is 2.92. The molecule has 2 N–H and O–H groups in total. The molecule has 38 heavy (non-hydrogen) atoms. The topological polar surface area (TPSA) is 89.9 Å². The van der Waals surface area contributed by atoms with Crippen molar-refractivity contribution in [3.8, 4) is 11.6 Å². The van der Waals surface area contributed by atoms with E-state index in [2.05, 4.69) is 27.7 Å². The molecule has 2 amide bonds. The molecule has 0 spiro atoms. The van der Waals surface area contributed by atoms with Gasteiger partial charge in [0, 0.05) is 32.5 Å². The lowest BCUT2D eigenvalue weighted by Crippen LogP contribution is -2.42. The maximum Gasteiger partial charge on any atom is 0.324 e. The van der Waals surface area contributed by atoms with Gasteiger partial charge in [0.15, 0.2) is 0 Å². The summed E-state index contributed by atoms with van der Waals surface area (Å²) in [6.07, 6.45) is 1.38. The van der Waals surface area contributed by atoms with Crippen molar-refractivity contribution in [1.82, 2.24) is 14.7 Å². The summed E-state index contributed by atoms with van der Waals surface area (Å²) in [4.78, 5) is 15.4. The number of carbonyl (C=O) groups is 1. The number of benzene rings is 2. The smallest absolute Gasteiger partial charge is 0.324 e. The number of hydrogen-bond donors (Lipinski definition) is 2. The van der Waals surface area contributed by atoms with Gasteiger partial charge in [-0.3, -0.25) is 5.32 Å². The Bertz CT molecular complexity index is 1240. The molecular weight excluding hydrogens is 529 g/mol. The molecule has 1 aromatic heterocycles. The van der Waals surface area contributed by atoms with Crippen LogP contribution in [0.1, 0.15) is 17.5 Å². The van der Waals surface area contributed by atoms with Crippen LogP contribution in [0, 0.1) is 6.92 Å². The quantitative estimate of drug-likeness (QED) is 0.321. The third kappa shape index (κ3) is 7.18. The monoisotopic (exact) mass is 561 g/mol. The van der Waals surface area contributed by atoms with Crippen LogP contribution in [0.15, 0.2) is 42.5 Å². The number of anilines is 2. The number of morpholine rings is 1. The highest BCUT2D eigenvalue weighted by Gasteiger charge is 2.23. The Labute approximate surface area is 232 Å². The Kier molecular flexibility index (Phi) is 9.87. The van der Waals surface area contributed by atoms with Gasteiger partial charge < -0.3 is 24.4 Å². The first kappa shape index (κ1) is 28.2. The van der Waals surface area contributed by atoms with Crippen LogP contribution >= 0.6 is 23.2 Å². The SMILES string of the molecule is COCCCc1cc(Cl)c(Cl)cc1NC(=O)Nc1c(C)c(OC[C@@H]2CN(C)CCO2)nn1-c1ccccc1. The lowest BCUT2D eigenvalue weighted by molar-refractivity contribution is -0.0411. The summed E-state index contributed by atoms with van der Waals surface area (Å²) in [6, 6.07) is 12.5. The van der Waals surface area contributed by atoms with E-state index in [-0.39, 0.29) is 6.10 Å². The van der Waals surface area contributed by atoms with Gasteiger partial charge >= 0.3 is 6.03 Å². The van der Waals surface area contributed by atoms with E-state index in [1.165, 1.54) is 0 Å². The van der Waals surface area contributed by atoms with Crippen molar-refractivity contribution in [2.24, 2.45) is 0 Å². The Balaban J connectivity index is 1.55. The average Bonchev–Trinajstić information content (AvgIpc) is 3.21. The lowest BCUT2D eigenvalue weighted by Gasteiger charge is -2.29. The molecule has 1 fully saturated rings. The minimum Gasteiger partial charge on any atom is -0.474 e. The van der Waals surface area contributed by atoms with E-state index in [4.69, 9.17) is 37.4 Å². The molecule has 11 heteroatoms. The minimum atomic E-state index is -0.444. The summed E-state index contributed by atoms with van der Waals surface area (Å²) in [6.45, 7) is 5.15. The molecule has 4 rings (SSSR count). The number of nitrogens with zero attached hydrogens (tertiary/aromatic N) is 3. The number of carbonyl (C=O) groups excluding carboxylic acids is 1. The first-order chi connectivity index (χ1) is 18.4. The molecule has 1 aliphatic rings. The van der Waals surface area contributed by atoms with Crippen LogP contribution < -0.4 is 15.4 Å². The second-order valence-electron chi connectivity index (χ2n) is 9.19. The minimum absolute atomic E-state index is 0.0547. The van der Waals surface area contributed by atoms with Crippen molar-refractivity contribution in [3.05, 3.63) is 63.6 Å². The van der Waals surface area contributed by atoms with Crippen LogP contribution in [0.5, 0.6) is 5.88 Å². The van der Waals surface area contributed by atoms with Crippen molar-refractivity contribution in [1.29, 1.82) is 0 Å². The molecule has 1 aliphatic heterocycles. The largest absolute Gasteiger partial charge is 0.474 e. The number of halogens is 2. The number of hydrogen-bond acceptors (Lipinski definition) is 6. The third-order valence-electron chi connectivity index (χ3n) is 6.25. The number of nitrogens with one attached hydrogen (secondary N) is 2. The van der Waals surface area contributed by atoms with Gasteiger partial charge in [-0.2, -0.15) is 0 Å². The predicted molar refractivity (Wildman–Crippen MR) is 150 cm³/mol. The molecule has 0 radical (unpaired) electrons. The number of urea groups is 1. The second kappa shape index (κ2) is 13.3. The molecule has 3 aromatic rings. The van der Waals surface area contributed by atoms with Gasteiger partial charge in [0.1, 0.15) is 18.5 Å². The second-order valence-corrected chi connectivity index (χ2v) is 10.0. The molecule has 2 aromatic carbocycles. The summed E-state index contributed by atoms with van der Waals surface area (Å²) >= 11 is 12.5. The molecule has 204 valence electrons. The number of para-hydroxylation sites is 1. The van der Waals surface area contributed by atoms with E-state index in [0.717, 1.165) is 30.8 Å². The molecule has 0 bridgehead atoms. The van der Waals surface area contributed by atoms with Crippen molar-refractivity contribution < 1.29 is 19.0 Å². The van der Waals surface area contributed by atoms with Crippen LogP contribution in [0.4, 0.5) is 16.3 Å². The fraction of sp³-hybridized carbons (Fsp3) is 0.407. The average molecular weight is 562 g/mol. The molecular formula is C27H33Cl2N5O4. The highest BCUT2D eigenvalue weighted by atomic mass is 35.5. The van der Waals surface area contributed by atoms with Crippen LogP contribution in [0.25, 0.3) is 5.69 Å². The molecule has 9 nitrogen and oxygen atoms in total. The molecule has 2 heterocycles. The van der Waals surface area contributed by atoms with E-state index >= 15 is 0 Å². The first-order valence-corrected chi connectivity index (χ1v) is 13.2. The molecule has 1 saturated heterocycles. The fourth-order valence-corrected chi connectivity index (χ4v) is 4.58. The normalized spacial score (nSPS) is 15.9. The van der Waals surface area contributed by atoms with Gasteiger partial charge in [-0.25, -0.2) is 9.48 Å². The molecule has 0 aliphatic carbocycles. The molecule has 1 atom stereocenters. The van der Waals surface area contributed by atoms with Gasteiger partial charge in [-0.1, -0.05) is 41.4 Å². The number of likely N-dealkylation sites (N-methyl/N-ethyl adjacent to an activating group) is 1. The Morgan fingerprint density at radius 2 is 1.95 bits per heavy atom. The van der Waals surface area contributed by atoms with Crippen LogP contribution in [-0.2, 0) is 15.9 Å². The number of methoxy groups -OCH3 is 1. The highest BCUT2D eigenvalue weighted by Crippen LogP contribution is 2.32. The van der Waals surface area contributed by atoms with E-state index < -0.39 is 6.03 Å². The number of ether oxygens (including phenoxy) is 3.